The molecule has 0 saturated carbocycles. The monoisotopic (exact) mass is 434 g/mol. The summed E-state index contributed by atoms with van der Waals surface area (Å²) in [5.74, 6) is 1.69. The molecule has 2 heterocycles. The van der Waals surface area contributed by atoms with Crippen molar-refractivity contribution >= 4 is 22.6 Å². The number of carbonyl (C=O) groups is 1. The van der Waals surface area contributed by atoms with Crippen LogP contribution in [0, 0.1) is 23.2 Å². The lowest BCUT2D eigenvalue weighted by atomic mass is 9.87. The van der Waals surface area contributed by atoms with Crippen molar-refractivity contribution in [3.63, 3.8) is 0 Å². The van der Waals surface area contributed by atoms with Gasteiger partial charge in [0.05, 0.1) is 17.1 Å². The molecule has 1 amide bonds. The number of carbonyl (C=O) groups excluding carboxylic acids is 1. The van der Waals surface area contributed by atoms with Gasteiger partial charge >= 0.3 is 0 Å². The van der Waals surface area contributed by atoms with Gasteiger partial charge in [0.2, 0.25) is 5.91 Å². The van der Waals surface area contributed by atoms with E-state index < -0.39 is 0 Å². The Kier molecular flexibility index (Phi) is 8.18. The van der Waals surface area contributed by atoms with E-state index in [2.05, 4.69) is 53.2 Å². The molecule has 0 spiro atoms. The van der Waals surface area contributed by atoms with Crippen LogP contribution >= 0.6 is 0 Å². The maximum Gasteiger partial charge on any atom is 0.249 e. The van der Waals surface area contributed by atoms with E-state index in [1.54, 1.807) is 12.4 Å². The zero-order chi connectivity index (χ0) is 23.1. The lowest BCUT2D eigenvalue weighted by Crippen LogP contribution is -2.47. The number of nitrogens with one attached hydrogen (secondary N) is 1. The molecule has 2 atom stereocenters. The minimum atomic E-state index is 0.165. The maximum absolute atomic E-state index is 12.8. The number of nitrogens with zero attached hydrogens (tertiary/aromatic N) is 5. The second kappa shape index (κ2) is 11.1. The normalized spacial score (nSPS) is 17.1. The maximum atomic E-state index is 12.8. The fourth-order valence-corrected chi connectivity index (χ4v) is 4.34. The number of hydrogen-bond acceptors (Lipinski definition) is 6. The van der Waals surface area contributed by atoms with Crippen LogP contribution < -0.4 is 5.32 Å². The second-order valence-corrected chi connectivity index (χ2v) is 8.75. The van der Waals surface area contributed by atoms with Crippen molar-refractivity contribution < 1.29 is 4.79 Å². The molecule has 1 aliphatic heterocycles. The van der Waals surface area contributed by atoms with E-state index in [4.69, 9.17) is 0 Å². The van der Waals surface area contributed by atoms with Gasteiger partial charge in [-0.15, -0.1) is 0 Å². The van der Waals surface area contributed by atoms with Crippen LogP contribution in [-0.2, 0) is 4.79 Å². The fourth-order valence-electron chi connectivity index (χ4n) is 4.34. The molecule has 0 radical (unpaired) electrons. The third-order valence-corrected chi connectivity index (χ3v) is 6.48. The van der Waals surface area contributed by atoms with Crippen molar-refractivity contribution in [2.45, 2.75) is 33.6 Å². The smallest absolute Gasteiger partial charge is 0.249 e. The van der Waals surface area contributed by atoms with Crippen LogP contribution in [0.15, 0.2) is 36.2 Å². The molecule has 0 bridgehead atoms. The molecule has 7 heteroatoms. The Balaban J connectivity index is 1.59. The standard InChI is InChI=1S/C25H34N6O/c1-5-21(18(2)14-19(3)25(32)31-12-10-30(4)11-13-31)8-9-27-24-22-15-20(16-26)6-7-23(22)28-17-29-24/h6-7,14-15,17-18,21H,5,8-13H2,1-4H3,(H,27,28,29)/b19-14+/t18?,21-/m1/s1. The Hall–Kier alpha value is -2.98. The van der Waals surface area contributed by atoms with Crippen LogP contribution in [0.5, 0.6) is 0 Å². The van der Waals surface area contributed by atoms with Crippen LogP contribution in [0.2, 0.25) is 0 Å². The van der Waals surface area contributed by atoms with Crippen molar-refractivity contribution in [3.05, 3.63) is 41.7 Å². The summed E-state index contributed by atoms with van der Waals surface area (Å²) in [5, 5.41) is 13.5. The molecule has 2 aromatic rings. The molecule has 0 aliphatic carbocycles. The average molecular weight is 435 g/mol. The SMILES string of the molecule is CC[C@H](CCNc1ncnc2ccc(C#N)cc12)C(C)/C=C(\C)C(=O)N1CCN(C)CC1. The Morgan fingerprint density at radius 1 is 1.28 bits per heavy atom. The topological polar surface area (TPSA) is 85.1 Å². The molecule has 1 aromatic heterocycles. The fraction of sp³-hybridized carbons (Fsp3) is 0.520. The summed E-state index contributed by atoms with van der Waals surface area (Å²) in [6, 6.07) is 7.62. The predicted octanol–water partition coefficient (Wildman–Crippen LogP) is 3.69. The van der Waals surface area contributed by atoms with Gasteiger partial charge in [-0.2, -0.15) is 5.26 Å². The van der Waals surface area contributed by atoms with Crippen molar-refractivity contribution in [2.24, 2.45) is 11.8 Å². The number of amides is 1. The summed E-state index contributed by atoms with van der Waals surface area (Å²) in [5.41, 5.74) is 2.27. The highest BCUT2D eigenvalue weighted by molar-refractivity contribution is 5.93. The van der Waals surface area contributed by atoms with E-state index in [1.807, 2.05) is 24.0 Å². The molecular formula is C25H34N6O. The van der Waals surface area contributed by atoms with Crippen molar-refractivity contribution in [2.75, 3.05) is 45.1 Å². The van der Waals surface area contributed by atoms with E-state index >= 15 is 0 Å². The third kappa shape index (κ3) is 5.83. The van der Waals surface area contributed by atoms with Gasteiger partial charge in [-0.1, -0.05) is 26.3 Å². The molecule has 3 rings (SSSR count). The summed E-state index contributed by atoms with van der Waals surface area (Å²) in [7, 11) is 2.10. The number of likely N-dealkylation sites (N-methyl/N-ethyl adjacent to an activating group) is 1. The molecule has 1 fully saturated rings. The van der Waals surface area contributed by atoms with Crippen molar-refractivity contribution in [1.82, 2.24) is 19.8 Å². The van der Waals surface area contributed by atoms with Gasteiger partial charge < -0.3 is 15.1 Å². The van der Waals surface area contributed by atoms with Gasteiger partial charge in [-0.05, 0) is 50.4 Å². The number of nitriles is 1. The number of aromatic nitrogens is 2. The van der Waals surface area contributed by atoms with Gasteiger partial charge in [0.25, 0.3) is 0 Å². The van der Waals surface area contributed by atoms with Gasteiger partial charge in [0.15, 0.2) is 0 Å². The summed E-state index contributed by atoms with van der Waals surface area (Å²) < 4.78 is 0. The minimum Gasteiger partial charge on any atom is -0.369 e. The Labute approximate surface area is 191 Å². The largest absolute Gasteiger partial charge is 0.369 e. The van der Waals surface area contributed by atoms with E-state index in [1.165, 1.54) is 0 Å². The second-order valence-electron chi connectivity index (χ2n) is 8.75. The summed E-state index contributed by atoms with van der Waals surface area (Å²) >= 11 is 0. The highest BCUT2D eigenvalue weighted by Crippen LogP contribution is 2.24. The third-order valence-electron chi connectivity index (χ3n) is 6.48. The molecule has 170 valence electrons. The van der Waals surface area contributed by atoms with Crippen LogP contribution in [-0.4, -0.2) is 65.4 Å². The van der Waals surface area contributed by atoms with Crippen molar-refractivity contribution in [3.8, 4) is 6.07 Å². The van der Waals surface area contributed by atoms with E-state index in [9.17, 15) is 10.1 Å². The van der Waals surface area contributed by atoms with Crippen LogP contribution in [0.4, 0.5) is 5.82 Å². The molecule has 1 N–H and O–H groups in total. The van der Waals surface area contributed by atoms with Gasteiger partial charge in [-0.25, -0.2) is 9.97 Å². The number of rotatable bonds is 8. The number of piperazine rings is 1. The zero-order valence-corrected chi connectivity index (χ0v) is 19.6. The van der Waals surface area contributed by atoms with Gasteiger partial charge in [-0.3, -0.25) is 4.79 Å². The molecule has 1 aromatic carbocycles. The van der Waals surface area contributed by atoms with Crippen LogP contribution in [0.25, 0.3) is 10.9 Å². The Morgan fingerprint density at radius 2 is 2.03 bits per heavy atom. The summed E-state index contributed by atoms with van der Waals surface area (Å²) in [6.07, 6.45) is 5.70. The van der Waals surface area contributed by atoms with E-state index in [-0.39, 0.29) is 5.91 Å². The first kappa shape index (κ1) is 23.7. The molecular weight excluding hydrogens is 400 g/mol. The average Bonchev–Trinajstić information content (AvgIpc) is 2.81. The molecule has 1 unspecified atom stereocenters. The van der Waals surface area contributed by atoms with Crippen LogP contribution in [0.1, 0.15) is 39.2 Å². The molecule has 32 heavy (non-hydrogen) atoms. The van der Waals surface area contributed by atoms with Gasteiger partial charge in [0, 0.05) is 43.7 Å². The first-order valence-corrected chi connectivity index (χ1v) is 11.5. The molecule has 1 aliphatic rings. The quantitative estimate of drug-likeness (QED) is 0.638. The Bertz CT molecular complexity index is 1000. The first-order valence-electron chi connectivity index (χ1n) is 11.5. The number of hydrogen-bond donors (Lipinski definition) is 1. The predicted molar refractivity (Wildman–Crippen MR) is 128 cm³/mol. The molecule has 7 nitrogen and oxygen atoms in total. The van der Waals surface area contributed by atoms with Gasteiger partial charge in [0.1, 0.15) is 12.1 Å². The zero-order valence-electron chi connectivity index (χ0n) is 19.6. The molecule has 1 saturated heterocycles. The number of anilines is 1. The van der Waals surface area contributed by atoms with Crippen molar-refractivity contribution in [1.29, 1.82) is 5.26 Å². The highest BCUT2D eigenvalue weighted by atomic mass is 16.2. The number of fused-ring (bicyclic) bond motifs is 1. The Morgan fingerprint density at radius 3 is 2.72 bits per heavy atom. The summed E-state index contributed by atoms with van der Waals surface area (Å²) in [6.45, 7) is 10.6. The first-order chi connectivity index (χ1) is 15.4. The van der Waals surface area contributed by atoms with E-state index in [0.29, 0.717) is 17.4 Å². The highest BCUT2D eigenvalue weighted by Gasteiger charge is 2.21. The lowest BCUT2D eigenvalue weighted by molar-refractivity contribution is -0.128. The number of allylic oxidation sites excluding steroid dienone is 1. The minimum absolute atomic E-state index is 0.165. The van der Waals surface area contributed by atoms with E-state index in [0.717, 1.165) is 67.9 Å². The van der Waals surface area contributed by atoms with Crippen LogP contribution in [0.3, 0.4) is 0 Å². The lowest BCUT2D eigenvalue weighted by Gasteiger charge is -2.33. The summed E-state index contributed by atoms with van der Waals surface area (Å²) in [4.78, 5) is 25.7. The number of benzene rings is 1.